The quantitative estimate of drug-likeness (QED) is 0.741. The standard InChI is InChI=1S/C19H35N3O4/c1-3-26-19(25)22-9-4-5-17(8-12-22)21-10-6-16(7-11-21)18(24)20-13-15(2)14-23/h15-17,23H,3-14H2,1-2H3,(H,20,24). The summed E-state index contributed by atoms with van der Waals surface area (Å²) in [7, 11) is 0. The Labute approximate surface area is 157 Å². The van der Waals surface area contributed by atoms with Gasteiger partial charge in [-0.3, -0.25) is 4.79 Å². The van der Waals surface area contributed by atoms with E-state index >= 15 is 0 Å². The van der Waals surface area contributed by atoms with Crippen LogP contribution in [0, 0.1) is 11.8 Å². The number of aliphatic hydroxyl groups excluding tert-OH is 1. The number of carbonyl (C=O) groups is 2. The van der Waals surface area contributed by atoms with Crippen LogP contribution < -0.4 is 5.32 Å². The van der Waals surface area contributed by atoms with E-state index in [4.69, 9.17) is 9.84 Å². The second kappa shape index (κ2) is 10.7. The molecule has 0 aromatic carbocycles. The van der Waals surface area contributed by atoms with E-state index in [0.717, 1.165) is 58.3 Å². The summed E-state index contributed by atoms with van der Waals surface area (Å²) in [4.78, 5) is 28.5. The molecule has 0 spiro atoms. The van der Waals surface area contributed by atoms with Crippen molar-refractivity contribution in [3.8, 4) is 0 Å². The first-order valence-corrected chi connectivity index (χ1v) is 10.1. The van der Waals surface area contributed by atoms with Crippen LogP contribution in [0.3, 0.4) is 0 Å². The summed E-state index contributed by atoms with van der Waals surface area (Å²) in [5.74, 6) is 0.311. The SMILES string of the molecule is CCOC(=O)N1CCCC(N2CCC(C(=O)NCC(C)CO)CC2)CC1. The van der Waals surface area contributed by atoms with E-state index in [1.54, 1.807) is 0 Å². The van der Waals surface area contributed by atoms with Gasteiger partial charge in [-0.1, -0.05) is 6.92 Å². The number of ether oxygens (including phenoxy) is 1. The number of likely N-dealkylation sites (tertiary alicyclic amines) is 2. The van der Waals surface area contributed by atoms with Crippen LogP contribution in [0.5, 0.6) is 0 Å². The minimum atomic E-state index is -0.194. The van der Waals surface area contributed by atoms with Gasteiger partial charge < -0.3 is 25.0 Å². The summed E-state index contributed by atoms with van der Waals surface area (Å²) in [5.41, 5.74) is 0. The number of rotatable bonds is 6. The van der Waals surface area contributed by atoms with Crippen molar-refractivity contribution < 1.29 is 19.4 Å². The molecular formula is C19H35N3O4. The van der Waals surface area contributed by atoms with Crippen LogP contribution >= 0.6 is 0 Å². The van der Waals surface area contributed by atoms with Gasteiger partial charge in [0.05, 0.1) is 6.61 Å². The number of hydrogen-bond acceptors (Lipinski definition) is 5. The highest BCUT2D eigenvalue weighted by Gasteiger charge is 2.30. The van der Waals surface area contributed by atoms with Crippen molar-refractivity contribution in [3.05, 3.63) is 0 Å². The van der Waals surface area contributed by atoms with Crippen molar-refractivity contribution in [1.29, 1.82) is 0 Å². The number of amides is 2. The van der Waals surface area contributed by atoms with E-state index < -0.39 is 0 Å². The number of nitrogens with one attached hydrogen (secondary N) is 1. The minimum absolute atomic E-state index is 0.0824. The molecule has 2 rings (SSSR count). The van der Waals surface area contributed by atoms with E-state index in [9.17, 15) is 9.59 Å². The van der Waals surface area contributed by atoms with Gasteiger partial charge in [-0.2, -0.15) is 0 Å². The molecule has 7 heteroatoms. The Morgan fingerprint density at radius 3 is 2.54 bits per heavy atom. The van der Waals surface area contributed by atoms with Crippen LogP contribution in [0.4, 0.5) is 4.79 Å². The lowest BCUT2D eigenvalue weighted by Crippen LogP contribution is -2.45. The third kappa shape index (κ3) is 6.13. The molecule has 150 valence electrons. The summed E-state index contributed by atoms with van der Waals surface area (Å²) in [6.45, 7) is 8.24. The third-order valence-electron chi connectivity index (χ3n) is 5.58. The fraction of sp³-hybridized carbons (Fsp3) is 0.895. The molecule has 0 aromatic heterocycles. The lowest BCUT2D eigenvalue weighted by molar-refractivity contribution is -0.126. The van der Waals surface area contributed by atoms with Crippen LogP contribution in [0.1, 0.15) is 46.0 Å². The average Bonchev–Trinajstić information content (AvgIpc) is 2.92. The fourth-order valence-corrected chi connectivity index (χ4v) is 3.85. The Bertz CT molecular complexity index is 452. The molecule has 2 saturated heterocycles. The van der Waals surface area contributed by atoms with Crippen molar-refractivity contribution in [2.24, 2.45) is 11.8 Å². The average molecular weight is 370 g/mol. The molecule has 2 aliphatic rings. The van der Waals surface area contributed by atoms with Gasteiger partial charge in [0.1, 0.15) is 0 Å². The van der Waals surface area contributed by atoms with Crippen LogP contribution in [0.2, 0.25) is 0 Å². The first kappa shape index (κ1) is 21.0. The lowest BCUT2D eigenvalue weighted by Gasteiger charge is -2.37. The second-order valence-electron chi connectivity index (χ2n) is 7.61. The van der Waals surface area contributed by atoms with E-state index in [2.05, 4.69) is 10.2 Å². The Morgan fingerprint density at radius 2 is 1.88 bits per heavy atom. The summed E-state index contributed by atoms with van der Waals surface area (Å²) in [5, 5.41) is 12.0. The van der Waals surface area contributed by atoms with Crippen molar-refractivity contribution in [2.45, 2.75) is 52.0 Å². The van der Waals surface area contributed by atoms with E-state index in [-0.39, 0.29) is 30.4 Å². The predicted octanol–water partition coefficient (Wildman–Crippen LogP) is 1.45. The van der Waals surface area contributed by atoms with Crippen LogP contribution in [0.25, 0.3) is 0 Å². The maximum atomic E-state index is 12.3. The zero-order chi connectivity index (χ0) is 18.9. The van der Waals surface area contributed by atoms with E-state index in [1.165, 1.54) is 0 Å². The van der Waals surface area contributed by atoms with Crippen molar-refractivity contribution in [2.75, 3.05) is 45.9 Å². The minimum Gasteiger partial charge on any atom is -0.450 e. The number of aliphatic hydroxyl groups is 1. The van der Waals surface area contributed by atoms with Crippen molar-refractivity contribution in [1.82, 2.24) is 15.1 Å². The van der Waals surface area contributed by atoms with Gasteiger partial charge in [-0.25, -0.2) is 4.79 Å². The first-order valence-electron chi connectivity index (χ1n) is 10.1. The largest absolute Gasteiger partial charge is 0.450 e. The van der Waals surface area contributed by atoms with Gasteiger partial charge in [0.25, 0.3) is 0 Å². The molecule has 2 unspecified atom stereocenters. The van der Waals surface area contributed by atoms with Gasteiger partial charge >= 0.3 is 6.09 Å². The summed E-state index contributed by atoms with van der Waals surface area (Å²) < 4.78 is 5.12. The maximum absolute atomic E-state index is 12.3. The molecule has 2 heterocycles. The van der Waals surface area contributed by atoms with E-state index in [1.807, 2.05) is 18.7 Å². The second-order valence-corrected chi connectivity index (χ2v) is 7.61. The zero-order valence-corrected chi connectivity index (χ0v) is 16.3. The smallest absolute Gasteiger partial charge is 0.409 e. The molecular weight excluding hydrogens is 334 g/mol. The molecule has 0 saturated carbocycles. The van der Waals surface area contributed by atoms with Crippen LogP contribution in [-0.2, 0) is 9.53 Å². The number of piperidine rings is 1. The number of nitrogens with zero attached hydrogens (tertiary/aromatic N) is 2. The highest BCUT2D eigenvalue weighted by Crippen LogP contribution is 2.24. The Morgan fingerprint density at radius 1 is 1.15 bits per heavy atom. The van der Waals surface area contributed by atoms with Crippen LogP contribution in [-0.4, -0.2) is 78.9 Å². The molecule has 2 N–H and O–H groups in total. The number of carbonyl (C=O) groups excluding carboxylic acids is 2. The fourth-order valence-electron chi connectivity index (χ4n) is 3.85. The topological polar surface area (TPSA) is 82.1 Å². The van der Waals surface area contributed by atoms with Gasteiger partial charge in [0.2, 0.25) is 5.91 Å². The zero-order valence-electron chi connectivity index (χ0n) is 16.3. The Balaban J connectivity index is 1.74. The van der Waals surface area contributed by atoms with Gasteiger partial charge in [0.15, 0.2) is 0 Å². The van der Waals surface area contributed by atoms with Gasteiger partial charge in [-0.05, 0) is 58.0 Å². The molecule has 2 atom stereocenters. The molecule has 7 nitrogen and oxygen atoms in total. The van der Waals surface area contributed by atoms with Crippen molar-refractivity contribution in [3.63, 3.8) is 0 Å². The van der Waals surface area contributed by atoms with Gasteiger partial charge in [0, 0.05) is 38.2 Å². The predicted molar refractivity (Wildman–Crippen MR) is 99.8 cm³/mol. The third-order valence-corrected chi connectivity index (χ3v) is 5.58. The first-order chi connectivity index (χ1) is 12.5. The highest BCUT2D eigenvalue weighted by atomic mass is 16.6. The molecule has 0 bridgehead atoms. The van der Waals surface area contributed by atoms with Crippen LogP contribution in [0.15, 0.2) is 0 Å². The Hall–Kier alpha value is -1.34. The molecule has 0 aromatic rings. The lowest BCUT2D eigenvalue weighted by atomic mass is 9.93. The normalized spacial score (nSPS) is 24.0. The summed E-state index contributed by atoms with van der Waals surface area (Å²) in [6, 6.07) is 0.493. The Kier molecular flexibility index (Phi) is 8.65. The van der Waals surface area contributed by atoms with Gasteiger partial charge in [-0.15, -0.1) is 0 Å². The summed E-state index contributed by atoms with van der Waals surface area (Å²) >= 11 is 0. The molecule has 2 aliphatic heterocycles. The maximum Gasteiger partial charge on any atom is 0.409 e. The highest BCUT2D eigenvalue weighted by molar-refractivity contribution is 5.78. The molecule has 0 radical (unpaired) electrons. The number of hydrogen-bond donors (Lipinski definition) is 2. The molecule has 2 fully saturated rings. The van der Waals surface area contributed by atoms with E-state index in [0.29, 0.717) is 19.2 Å². The van der Waals surface area contributed by atoms with Crippen molar-refractivity contribution >= 4 is 12.0 Å². The molecule has 2 amide bonds. The monoisotopic (exact) mass is 369 g/mol. The molecule has 0 aliphatic carbocycles. The summed E-state index contributed by atoms with van der Waals surface area (Å²) in [6.07, 6.45) is 4.66. The molecule has 26 heavy (non-hydrogen) atoms.